The summed E-state index contributed by atoms with van der Waals surface area (Å²) >= 11 is 3.31. The highest BCUT2D eigenvalue weighted by Crippen LogP contribution is 2.17. The molecule has 0 atom stereocenters. The Labute approximate surface area is 77.0 Å². The van der Waals surface area contributed by atoms with Gasteiger partial charge in [-0.2, -0.15) is 0 Å². The number of rotatable bonds is 1. The standard InChI is InChI=1S/C7H6BrN3O/c8-7-5(3-12)10-6-1-2-9-4-11(6)7/h1-2,4,12H,3H2. The van der Waals surface area contributed by atoms with Gasteiger partial charge in [0.15, 0.2) is 0 Å². The maximum atomic E-state index is 8.89. The van der Waals surface area contributed by atoms with Crippen molar-refractivity contribution >= 4 is 21.6 Å². The topological polar surface area (TPSA) is 50.4 Å². The maximum absolute atomic E-state index is 8.89. The normalized spacial score (nSPS) is 10.8. The van der Waals surface area contributed by atoms with E-state index in [-0.39, 0.29) is 6.61 Å². The summed E-state index contributed by atoms with van der Waals surface area (Å²) < 4.78 is 2.53. The third-order valence-corrected chi connectivity index (χ3v) is 2.43. The summed E-state index contributed by atoms with van der Waals surface area (Å²) in [5.74, 6) is 0. The second kappa shape index (κ2) is 2.84. The summed E-state index contributed by atoms with van der Waals surface area (Å²) in [4.78, 5) is 8.09. The first kappa shape index (κ1) is 7.70. The molecule has 0 radical (unpaired) electrons. The molecular formula is C7H6BrN3O. The lowest BCUT2D eigenvalue weighted by Crippen LogP contribution is -1.85. The Bertz CT molecular complexity index is 412. The molecule has 5 heteroatoms. The van der Waals surface area contributed by atoms with Crippen LogP contribution in [0.4, 0.5) is 0 Å². The predicted octanol–water partition coefficient (Wildman–Crippen LogP) is 0.984. The number of fused-ring (bicyclic) bond motifs is 1. The van der Waals surface area contributed by atoms with Gasteiger partial charge in [-0.15, -0.1) is 0 Å². The molecule has 2 aromatic rings. The fourth-order valence-corrected chi connectivity index (χ4v) is 1.51. The van der Waals surface area contributed by atoms with Crippen molar-refractivity contribution in [2.45, 2.75) is 6.61 Å². The van der Waals surface area contributed by atoms with Crippen molar-refractivity contribution < 1.29 is 5.11 Å². The van der Waals surface area contributed by atoms with Gasteiger partial charge in [-0.3, -0.25) is 4.40 Å². The van der Waals surface area contributed by atoms with Gasteiger partial charge in [-0.25, -0.2) is 9.97 Å². The smallest absolute Gasteiger partial charge is 0.140 e. The van der Waals surface area contributed by atoms with Crippen LogP contribution in [0, 0.1) is 0 Å². The molecule has 0 spiro atoms. The van der Waals surface area contributed by atoms with Crippen LogP contribution in [0.3, 0.4) is 0 Å². The van der Waals surface area contributed by atoms with Gasteiger partial charge < -0.3 is 5.11 Å². The summed E-state index contributed by atoms with van der Waals surface area (Å²) in [6.07, 6.45) is 3.31. The highest BCUT2D eigenvalue weighted by molar-refractivity contribution is 9.10. The van der Waals surface area contributed by atoms with Gasteiger partial charge in [0.05, 0.1) is 12.3 Å². The molecule has 0 aliphatic carbocycles. The average molecular weight is 228 g/mol. The summed E-state index contributed by atoms with van der Waals surface area (Å²) in [5.41, 5.74) is 1.41. The quantitative estimate of drug-likeness (QED) is 0.791. The molecule has 0 amide bonds. The number of hydrogen-bond donors (Lipinski definition) is 1. The van der Waals surface area contributed by atoms with Crippen molar-refractivity contribution in [2.75, 3.05) is 0 Å². The molecule has 2 rings (SSSR count). The monoisotopic (exact) mass is 227 g/mol. The molecule has 0 bridgehead atoms. The van der Waals surface area contributed by atoms with E-state index < -0.39 is 0 Å². The van der Waals surface area contributed by atoms with Crippen molar-refractivity contribution in [2.24, 2.45) is 0 Å². The number of aliphatic hydroxyl groups is 1. The third kappa shape index (κ3) is 1.02. The highest BCUT2D eigenvalue weighted by atomic mass is 79.9. The number of aromatic nitrogens is 3. The lowest BCUT2D eigenvalue weighted by Gasteiger charge is -1.91. The van der Waals surface area contributed by atoms with Crippen LogP contribution >= 0.6 is 15.9 Å². The van der Waals surface area contributed by atoms with Crippen molar-refractivity contribution in [3.8, 4) is 0 Å². The van der Waals surface area contributed by atoms with Crippen LogP contribution in [0.15, 0.2) is 23.2 Å². The lowest BCUT2D eigenvalue weighted by atomic mass is 10.5. The Morgan fingerprint density at radius 3 is 3.08 bits per heavy atom. The number of hydrogen-bond acceptors (Lipinski definition) is 3. The summed E-state index contributed by atoms with van der Waals surface area (Å²) in [7, 11) is 0. The second-order valence-corrected chi connectivity index (χ2v) is 3.07. The first-order valence-electron chi connectivity index (χ1n) is 3.40. The molecule has 0 unspecified atom stereocenters. The van der Waals surface area contributed by atoms with E-state index in [1.54, 1.807) is 23.0 Å². The Morgan fingerprint density at radius 1 is 1.58 bits per heavy atom. The Kier molecular flexibility index (Phi) is 1.82. The number of imidazole rings is 1. The van der Waals surface area contributed by atoms with Crippen molar-refractivity contribution in [3.05, 3.63) is 28.9 Å². The van der Waals surface area contributed by atoms with Crippen LogP contribution in [-0.4, -0.2) is 19.5 Å². The molecule has 2 aromatic heterocycles. The van der Waals surface area contributed by atoms with Crippen LogP contribution in [0.2, 0.25) is 0 Å². The maximum Gasteiger partial charge on any atom is 0.140 e. The zero-order chi connectivity index (χ0) is 8.55. The first-order valence-corrected chi connectivity index (χ1v) is 4.19. The van der Waals surface area contributed by atoms with E-state index >= 15 is 0 Å². The zero-order valence-corrected chi connectivity index (χ0v) is 7.69. The summed E-state index contributed by atoms with van der Waals surface area (Å²) in [5, 5.41) is 8.89. The number of halogens is 1. The molecule has 0 fully saturated rings. The molecule has 4 nitrogen and oxygen atoms in total. The van der Waals surface area contributed by atoms with Crippen LogP contribution in [0.25, 0.3) is 5.65 Å². The SMILES string of the molecule is OCc1nc2ccncn2c1Br. The van der Waals surface area contributed by atoms with Gasteiger partial charge in [-0.05, 0) is 22.0 Å². The lowest BCUT2D eigenvalue weighted by molar-refractivity contribution is 0.276. The minimum atomic E-state index is -0.0672. The molecule has 0 saturated heterocycles. The van der Waals surface area contributed by atoms with Gasteiger partial charge in [0.1, 0.15) is 16.6 Å². The van der Waals surface area contributed by atoms with Gasteiger partial charge in [0.25, 0.3) is 0 Å². The average Bonchev–Trinajstić information content (AvgIpc) is 2.44. The van der Waals surface area contributed by atoms with E-state index in [4.69, 9.17) is 5.11 Å². The molecular weight excluding hydrogens is 222 g/mol. The molecule has 12 heavy (non-hydrogen) atoms. The predicted molar refractivity (Wildman–Crippen MR) is 46.6 cm³/mol. The van der Waals surface area contributed by atoms with E-state index in [1.165, 1.54) is 0 Å². The van der Waals surface area contributed by atoms with E-state index in [0.717, 1.165) is 10.3 Å². The van der Waals surface area contributed by atoms with Gasteiger partial charge in [0.2, 0.25) is 0 Å². The Balaban J connectivity index is 2.78. The van der Waals surface area contributed by atoms with Crippen LogP contribution in [0.5, 0.6) is 0 Å². The molecule has 0 aromatic carbocycles. The van der Waals surface area contributed by atoms with Crippen molar-refractivity contribution in [1.29, 1.82) is 0 Å². The molecule has 62 valence electrons. The fraction of sp³-hybridized carbons (Fsp3) is 0.143. The van der Waals surface area contributed by atoms with E-state index in [2.05, 4.69) is 25.9 Å². The zero-order valence-electron chi connectivity index (χ0n) is 6.11. The van der Waals surface area contributed by atoms with Gasteiger partial charge in [0, 0.05) is 6.20 Å². The van der Waals surface area contributed by atoms with E-state index in [9.17, 15) is 0 Å². The highest BCUT2D eigenvalue weighted by Gasteiger charge is 2.06. The third-order valence-electron chi connectivity index (χ3n) is 1.59. The van der Waals surface area contributed by atoms with Crippen LogP contribution in [-0.2, 0) is 6.61 Å². The molecule has 0 saturated carbocycles. The van der Waals surface area contributed by atoms with Crippen LogP contribution < -0.4 is 0 Å². The first-order chi connectivity index (χ1) is 5.83. The van der Waals surface area contributed by atoms with Gasteiger partial charge in [-0.1, -0.05) is 0 Å². The summed E-state index contributed by atoms with van der Waals surface area (Å²) in [6.45, 7) is -0.0672. The second-order valence-electron chi connectivity index (χ2n) is 2.32. The molecule has 1 N–H and O–H groups in total. The van der Waals surface area contributed by atoms with E-state index in [0.29, 0.717) is 5.69 Å². The molecule has 2 heterocycles. The molecule has 0 aliphatic heterocycles. The largest absolute Gasteiger partial charge is 0.390 e. The minimum absolute atomic E-state index is 0.0672. The summed E-state index contributed by atoms with van der Waals surface area (Å²) in [6, 6.07) is 1.78. The molecule has 0 aliphatic rings. The van der Waals surface area contributed by atoms with E-state index in [1.807, 2.05) is 0 Å². The Morgan fingerprint density at radius 2 is 2.42 bits per heavy atom. The number of nitrogens with zero attached hydrogens (tertiary/aromatic N) is 3. The minimum Gasteiger partial charge on any atom is -0.390 e. The number of aliphatic hydroxyl groups excluding tert-OH is 1. The Hall–Kier alpha value is -0.940. The van der Waals surface area contributed by atoms with Crippen molar-refractivity contribution in [3.63, 3.8) is 0 Å². The van der Waals surface area contributed by atoms with Crippen molar-refractivity contribution in [1.82, 2.24) is 14.4 Å². The fourth-order valence-electron chi connectivity index (χ4n) is 1.02. The van der Waals surface area contributed by atoms with Crippen LogP contribution in [0.1, 0.15) is 5.69 Å². The van der Waals surface area contributed by atoms with Gasteiger partial charge >= 0.3 is 0 Å².